The van der Waals surface area contributed by atoms with Gasteiger partial charge in [-0.2, -0.15) is 0 Å². The molecule has 3 nitrogen and oxygen atoms in total. The number of halogens is 3. The zero-order valence-electron chi connectivity index (χ0n) is 9.93. The highest BCUT2D eigenvalue weighted by Crippen LogP contribution is 2.34. The Morgan fingerprint density at radius 1 is 1.28 bits per heavy atom. The third kappa shape index (κ3) is 5.28. The first-order chi connectivity index (χ1) is 8.54. The fourth-order valence-corrected chi connectivity index (χ4v) is 3.79. The molecule has 0 bridgehead atoms. The fraction of sp³-hybridized carbons (Fsp3) is 0.417. The Morgan fingerprint density at radius 2 is 1.89 bits per heavy atom. The Labute approximate surface area is 132 Å². The molecule has 0 aromatic heterocycles. The smallest absolute Gasteiger partial charge is 0.325 e. The van der Waals surface area contributed by atoms with Gasteiger partial charge >= 0.3 is 5.97 Å². The molecule has 0 saturated carbocycles. The van der Waals surface area contributed by atoms with Crippen molar-refractivity contribution in [1.82, 2.24) is 0 Å². The van der Waals surface area contributed by atoms with Gasteiger partial charge in [-0.05, 0) is 50.4 Å². The zero-order valence-corrected chi connectivity index (χ0v) is 14.7. The predicted octanol–water partition coefficient (Wildman–Crippen LogP) is 4.73. The van der Waals surface area contributed by atoms with Crippen molar-refractivity contribution in [3.05, 3.63) is 25.6 Å². The average Bonchev–Trinajstić information content (AvgIpc) is 2.27. The van der Waals surface area contributed by atoms with Gasteiger partial charge in [-0.1, -0.05) is 29.3 Å². The predicted molar refractivity (Wildman–Crippen MR) is 83.9 cm³/mol. The molecule has 1 aromatic rings. The van der Waals surface area contributed by atoms with Crippen molar-refractivity contribution in [2.45, 2.75) is 19.8 Å². The van der Waals surface area contributed by atoms with E-state index in [2.05, 4.69) is 60.0 Å². The zero-order chi connectivity index (χ0) is 13.5. The summed E-state index contributed by atoms with van der Waals surface area (Å²) in [4.78, 5) is 11.5. The number of carbonyl (C=O) groups excluding carboxylic acids is 1. The van der Waals surface area contributed by atoms with Gasteiger partial charge in [0.2, 0.25) is 0 Å². The highest BCUT2D eigenvalue weighted by atomic mass is 79.9. The number of anilines is 1. The molecule has 1 rings (SSSR count). The first kappa shape index (κ1) is 16.0. The summed E-state index contributed by atoms with van der Waals surface area (Å²) in [7, 11) is 0. The van der Waals surface area contributed by atoms with Crippen molar-refractivity contribution in [2.24, 2.45) is 0 Å². The van der Waals surface area contributed by atoms with Crippen LogP contribution in [0.1, 0.15) is 19.8 Å². The van der Waals surface area contributed by atoms with Crippen molar-refractivity contribution >= 4 is 59.4 Å². The van der Waals surface area contributed by atoms with Crippen LogP contribution >= 0.6 is 47.8 Å². The van der Waals surface area contributed by atoms with Crippen LogP contribution in [0.15, 0.2) is 25.6 Å². The van der Waals surface area contributed by atoms with E-state index in [1.165, 1.54) is 0 Å². The number of hydrogen-bond donors (Lipinski definition) is 1. The van der Waals surface area contributed by atoms with E-state index in [0.717, 1.165) is 31.9 Å². The maximum Gasteiger partial charge on any atom is 0.325 e. The molecule has 0 amide bonds. The summed E-state index contributed by atoms with van der Waals surface area (Å²) in [5.74, 6) is -0.245. The summed E-state index contributed by atoms with van der Waals surface area (Å²) in [6.07, 6.45) is 1.92. The van der Waals surface area contributed by atoms with Gasteiger partial charge in [0, 0.05) is 13.4 Å². The largest absolute Gasteiger partial charge is 0.464 e. The molecular weight excluding hydrogens is 430 g/mol. The van der Waals surface area contributed by atoms with E-state index in [0.29, 0.717) is 6.61 Å². The van der Waals surface area contributed by atoms with Crippen molar-refractivity contribution < 1.29 is 9.53 Å². The first-order valence-electron chi connectivity index (χ1n) is 5.58. The van der Waals surface area contributed by atoms with Crippen LogP contribution in [0.3, 0.4) is 0 Å². The summed E-state index contributed by atoms with van der Waals surface area (Å²) in [5, 5.41) is 3.05. The van der Waals surface area contributed by atoms with Gasteiger partial charge < -0.3 is 10.1 Å². The molecule has 0 fully saturated rings. The minimum absolute atomic E-state index is 0.155. The lowest BCUT2D eigenvalue weighted by Gasteiger charge is -2.11. The number of unbranched alkanes of at least 4 members (excludes halogenated alkanes) is 1. The summed E-state index contributed by atoms with van der Waals surface area (Å²) >= 11 is 10.3. The molecule has 0 aliphatic carbocycles. The van der Waals surface area contributed by atoms with E-state index >= 15 is 0 Å². The number of benzene rings is 1. The highest BCUT2D eigenvalue weighted by Gasteiger charge is 2.09. The number of esters is 1. The maximum atomic E-state index is 11.5. The Kier molecular flexibility index (Phi) is 7.26. The SMILES string of the molecule is CCCCOC(=O)CNc1c(Br)cc(Br)cc1Br. The Hall–Kier alpha value is -0.0700. The van der Waals surface area contributed by atoms with E-state index in [4.69, 9.17) is 4.74 Å². The Morgan fingerprint density at radius 3 is 2.44 bits per heavy atom. The Balaban J connectivity index is 2.51. The lowest BCUT2D eigenvalue weighted by molar-refractivity contribution is -0.141. The number of hydrogen-bond acceptors (Lipinski definition) is 3. The van der Waals surface area contributed by atoms with E-state index < -0.39 is 0 Å². The van der Waals surface area contributed by atoms with E-state index in [1.54, 1.807) is 0 Å². The molecule has 0 saturated heterocycles. The average molecular weight is 444 g/mol. The van der Waals surface area contributed by atoms with Gasteiger partial charge in [0.15, 0.2) is 0 Å². The number of carbonyl (C=O) groups is 1. The molecule has 0 radical (unpaired) electrons. The van der Waals surface area contributed by atoms with Crippen molar-refractivity contribution in [3.63, 3.8) is 0 Å². The summed E-state index contributed by atoms with van der Waals surface area (Å²) in [5.41, 5.74) is 0.839. The molecule has 0 spiro atoms. The molecule has 0 heterocycles. The molecule has 0 unspecified atom stereocenters. The third-order valence-electron chi connectivity index (χ3n) is 2.18. The van der Waals surface area contributed by atoms with E-state index in [-0.39, 0.29) is 12.5 Å². The molecule has 0 aliphatic heterocycles. The highest BCUT2D eigenvalue weighted by molar-refractivity contribution is 9.11. The van der Waals surface area contributed by atoms with Crippen LogP contribution in [-0.2, 0) is 9.53 Å². The van der Waals surface area contributed by atoms with Gasteiger partial charge in [-0.25, -0.2) is 0 Å². The molecule has 0 atom stereocenters. The monoisotopic (exact) mass is 441 g/mol. The van der Waals surface area contributed by atoms with Gasteiger partial charge in [0.1, 0.15) is 6.54 Å². The van der Waals surface area contributed by atoms with Gasteiger partial charge in [0.05, 0.1) is 12.3 Å². The van der Waals surface area contributed by atoms with Gasteiger partial charge in [0.25, 0.3) is 0 Å². The van der Waals surface area contributed by atoms with Gasteiger partial charge in [-0.15, -0.1) is 0 Å². The lowest BCUT2D eigenvalue weighted by atomic mass is 10.3. The second-order valence-corrected chi connectivity index (χ2v) is 6.30. The molecule has 18 heavy (non-hydrogen) atoms. The molecule has 100 valence electrons. The summed E-state index contributed by atoms with van der Waals surface area (Å²) in [6, 6.07) is 3.82. The minimum Gasteiger partial charge on any atom is -0.464 e. The number of nitrogens with one attached hydrogen (secondary N) is 1. The summed E-state index contributed by atoms with van der Waals surface area (Å²) in [6.45, 7) is 2.70. The molecule has 1 aromatic carbocycles. The van der Waals surface area contributed by atoms with Crippen molar-refractivity contribution in [2.75, 3.05) is 18.5 Å². The Bertz CT molecular complexity index is 401. The van der Waals surface area contributed by atoms with Crippen LogP contribution in [0.5, 0.6) is 0 Å². The van der Waals surface area contributed by atoms with E-state index in [9.17, 15) is 4.79 Å². The van der Waals surface area contributed by atoms with E-state index in [1.807, 2.05) is 12.1 Å². The minimum atomic E-state index is -0.245. The number of rotatable bonds is 6. The standard InChI is InChI=1S/C12H14Br3NO2/c1-2-3-4-18-11(17)7-16-12-9(14)5-8(13)6-10(12)15/h5-6,16H,2-4,7H2,1H3. The second-order valence-electron chi connectivity index (χ2n) is 3.67. The normalized spacial score (nSPS) is 10.2. The topological polar surface area (TPSA) is 38.3 Å². The summed E-state index contributed by atoms with van der Waals surface area (Å²) < 4.78 is 7.78. The van der Waals surface area contributed by atoms with Crippen LogP contribution in [-0.4, -0.2) is 19.1 Å². The molecular formula is C12H14Br3NO2. The molecule has 0 aliphatic rings. The molecule has 1 N–H and O–H groups in total. The molecule has 6 heteroatoms. The van der Waals surface area contributed by atoms with Crippen molar-refractivity contribution in [1.29, 1.82) is 0 Å². The van der Waals surface area contributed by atoms with Crippen LogP contribution in [0.25, 0.3) is 0 Å². The van der Waals surface area contributed by atoms with Crippen LogP contribution < -0.4 is 5.32 Å². The van der Waals surface area contributed by atoms with Crippen LogP contribution in [0.2, 0.25) is 0 Å². The maximum absolute atomic E-state index is 11.5. The van der Waals surface area contributed by atoms with Crippen molar-refractivity contribution in [3.8, 4) is 0 Å². The van der Waals surface area contributed by atoms with Crippen LogP contribution in [0, 0.1) is 0 Å². The quantitative estimate of drug-likeness (QED) is 0.510. The lowest BCUT2D eigenvalue weighted by Crippen LogP contribution is -2.17. The third-order valence-corrected chi connectivity index (χ3v) is 3.89. The fourth-order valence-electron chi connectivity index (χ4n) is 1.25. The second kappa shape index (κ2) is 8.17. The van der Waals surface area contributed by atoms with Crippen LogP contribution in [0.4, 0.5) is 5.69 Å². The number of ether oxygens (including phenoxy) is 1. The first-order valence-corrected chi connectivity index (χ1v) is 7.96. The van der Waals surface area contributed by atoms with Gasteiger partial charge in [-0.3, -0.25) is 4.79 Å².